The Morgan fingerprint density at radius 1 is 0.867 bits per heavy atom. The van der Waals surface area contributed by atoms with Gasteiger partial charge >= 0.3 is 6.09 Å². The molecule has 0 bridgehead atoms. The summed E-state index contributed by atoms with van der Waals surface area (Å²) in [6, 6.07) is 18.4. The molecule has 0 atom stereocenters. The van der Waals surface area contributed by atoms with Crippen LogP contribution in [0.2, 0.25) is 0 Å². The first-order chi connectivity index (χ1) is 40.2. The van der Waals surface area contributed by atoms with Crippen molar-refractivity contribution in [3.05, 3.63) is 119 Å². The number of carbonyl (C=O) groups is 4. The number of phenols is 2. The Hall–Kier alpha value is -9.23. The van der Waals surface area contributed by atoms with E-state index in [1.165, 1.54) is 37.7 Å². The molecule has 434 valence electrons. The van der Waals surface area contributed by atoms with E-state index in [1.54, 1.807) is 27.4 Å². The van der Waals surface area contributed by atoms with Crippen LogP contribution in [0.15, 0.2) is 84.1 Å². The number of aromatic nitrogens is 7. The Morgan fingerprint density at radius 3 is 2.31 bits per heavy atom. The fourth-order valence-corrected chi connectivity index (χ4v) is 10.4. The zero-order valence-corrected chi connectivity index (χ0v) is 46.7. The fourth-order valence-electron chi connectivity index (χ4n) is 10.4. The Balaban J connectivity index is 0.671. The van der Waals surface area contributed by atoms with Crippen molar-refractivity contribution in [3.63, 3.8) is 0 Å². The average Bonchev–Trinajstić information content (AvgIpc) is 3.60. The molecular formula is C58H66FN15O9. The van der Waals surface area contributed by atoms with Crippen LogP contribution in [0.4, 0.5) is 21.0 Å². The Kier molecular flexibility index (Phi) is 17.4. The fraction of sp³-hybridized carbons (Fsp3) is 0.379. The van der Waals surface area contributed by atoms with Crippen molar-refractivity contribution in [3.8, 4) is 45.8 Å². The molecule has 0 saturated carbocycles. The van der Waals surface area contributed by atoms with Crippen LogP contribution < -0.4 is 36.2 Å². The van der Waals surface area contributed by atoms with Gasteiger partial charge in [-0.3, -0.25) is 33.3 Å². The molecule has 3 aliphatic heterocycles. The van der Waals surface area contributed by atoms with Gasteiger partial charge < -0.3 is 50.6 Å². The normalized spacial score (nSPS) is 15.0. The molecule has 2 saturated heterocycles. The van der Waals surface area contributed by atoms with E-state index in [-0.39, 0.29) is 69.8 Å². The number of benzene rings is 4. The summed E-state index contributed by atoms with van der Waals surface area (Å²) in [6.45, 7) is 13.2. The molecule has 0 radical (unpaired) electrons. The van der Waals surface area contributed by atoms with Crippen LogP contribution in [0.5, 0.6) is 28.7 Å². The van der Waals surface area contributed by atoms with Crippen LogP contribution in [-0.4, -0.2) is 174 Å². The summed E-state index contributed by atoms with van der Waals surface area (Å²) in [5, 5.41) is 36.9. The number of anilines is 2. The molecule has 25 heteroatoms. The largest absolute Gasteiger partial charge is 0.508 e. The molecule has 3 aromatic heterocycles. The van der Waals surface area contributed by atoms with Crippen LogP contribution in [-0.2, 0) is 24.3 Å². The molecule has 4 amide bonds. The minimum Gasteiger partial charge on any atom is -0.508 e. The van der Waals surface area contributed by atoms with Gasteiger partial charge in [0.25, 0.3) is 11.8 Å². The molecule has 3 aliphatic rings. The third-order valence-corrected chi connectivity index (χ3v) is 14.9. The first-order valence-corrected chi connectivity index (χ1v) is 27.7. The maximum Gasteiger partial charge on any atom is 0.415 e. The number of nitrogens with two attached hydrogens (primary N) is 1. The van der Waals surface area contributed by atoms with Crippen molar-refractivity contribution in [1.82, 2.24) is 59.2 Å². The van der Waals surface area contributed by atoms with E-state index >= 15 is 4.39 Å². The average molecular weight is 1140 g/mol. The zero-order chi connectivity index (χ0) is 58.3. The molecule has 0 spiro atoms. The van der Waals surface area contributed by atoms with Crippen LogP contribution in [0.25, 0.3) is 28.0 Å². The van der Waals surface area contributed by atoms with Crippen LogP contribution in [0.3, 0.4) is 0 Å². The monoisotopic (exact) mass is 1140 g/mol. The lowest BCUT2D eigenvalue weighted by molar-refractivity contribution is -0.132. The second-order valence-corrected chi connectivity index (χ2v) is 20.7. The van der Waals surface area contributed by atoms with Gasteiger partial charge in [0.15, 0.2) is 17.3 Å². The number of methoxy groups -OCH3 is 1. The van der Waals surface area contributed by atoms with E-state index in [4.69, 9.17) is 24.9 Å². The number of aromatic hydroxyl groups is 2. The van der Waals surface area contributed by atoms with Crippen molar-refractivity contribution in [2.45, 2.75) is 59.0 Å². The van der Waals surface area contributed by atoms with Gasteiger partial charge in [-0.1, -0.05) is 32.0 Å². The molecule has 0 aliphatic carbocycles. The smallest absolute Gasteiger partial charge is 0.415 e. The first kappa shape index (κ1) is 57.0. The highest BCUT2D eigenvalue weighted by molar-refractivity contribution is 5.96. The second kappa shape index (κ2) is 25.3. The lowest BCUT2D eigenvalue weighted by Gasteiger charge is -2.35. The third kappa shape index (κ3) is 12.8. The predicted octanol–water partition coefficient (Wildman–Crippen LogP) is 5.12. The number of nitrogen functional groups attached to an aromatic ring is 1. The lowest BCUT2D eigenvalue weighted by Crippen LogP contribution is -2.49. The van der Waals surface area contributed by atoms with Crippen LogP contribution >= 0.6 is 0 Å². The van der Waals surface area contributed by atoms with Gasteiger partial charge in [0, 0.05) is 121 Å². The number of piperazine rings is 2. The van der Waals surface area contributed by atoms with Gasteiger partial charge in [0.1, 0.15) is 34.4 Å². The molecule has 6 N–H and O–H groups in total. The van der Waals surface area contributed by atoms with E-state index in [2.05, 4.69) is 45.6 Å². The Morgan fingerprint density at radius 2 is 1.60 bits per heavy atom. The molecule has 2 fully saturated rings. The number of nitrogens with one attached hydrogen (secondary N) is 2. The highest BCUT2D eigenvalue weighted by Gasteiger charge is 2.28. The summed E-state index contributed by atoms with van der Waals surface area (Å²) >= 11 is 0. The van der Waals surface area contributed by atoms with Gasteiger partial charge in [0.05, 0.1) is 31.3 Å². The van der Waals surface area contributed by atoms with Gasteiger partial charge in [0.2, 0.25) is 23.3 Å². The highest BCUT2D eigenvalue weighted by Crippen LogP contribution is 2.39. The van der Waals surface area contributed by atoms with E-state index < -0.39 is 23.7 Å². The predicted molar refractivity (Wildman–Crippen MR) is 304 cm³/mol. The number of nitrogens with zero attached hydrogens (tertiary/aromatic N) is 12. The SMILES string of the molecule is CCNC(=O)c1nnc(-c2cc(C(C)C)c(O)cc2O)n1-c1ccc(CN2CCN(C(=O)Cc3ccc(OC(=O)N4CCN(CCCOc5ccc6c7n(c(=NC(=O)c8cnc(N)nc8)nc6c5OC)CCCN7)CC4)cc3F)CC2)cc1. The van der Waals surface area contributed by atoms with Crippen molar-refractivity contribution < 1.29 is 48.0 Å². The van der Waals surface area contributed by atoms with E-state index in [0.29, 0.717) is 125 Å². The molecule has 0 unspecified atom stereocenters. The Bertz CT molecular complexity index is 3610. The summed E-state index contributed by atoms with van der Waals surface area (Å²) in [6.07, 6.45) is 3.41. The summed E-state index contributed by atoms with van der Waals surface area (Å²) in [7, 11) is 1.54. The summed E-state index contributed by atoms with van der Waals surface area (Å²) < 4.78 is 36.6. The first-order valence-electron chi connectivity index (χ1n) is 27.7. The van der Waals surface area contributed by atoms with Crippen molar-refractivity contribution in [2.75, 3.05) is 96.8 Å². The molecule has 10 rings (SSSR count). The van der Waals surface area contributed by atoms with E-state index in [1.807, 2.05) is 54.8 Å². The van der Waals surface area contributed by atoms with Gasteiger partial charge in [-0.15, -0.1) is 10.2 Å². The maximum absolute atomic E-state index is 15.5. The molecule has 24 nitrogen and oxygen atoms in total. The van der Waals surface area contributed by atoms with E-state index in [0.717, 1.165) is 35.8 Å². The van der Waals surface area contributed by atoms with Crippen molar-refractivity contribution in [2.24, 2.45) is 4.99 Å². The van der Waals surface area contributed by atoms with Gasteiger partial charge in [-0.05, 0) is 78.8 Å². The number of ether oxygens (including phenoxy) is 3. The van der Waals surface area contributed by atoms with Crippen molar-refractivity contribution >= 4 is 46.5 Å². The number of phenolic OH excluding ortho intramolecular Hbond substituents is 2. The molecular weight excluding hydrogens is 1070 g/mol. The van der Waals surface area contributed by atoms with E-state index in [9.17, 15) is 29.4 Å². The maximum atomic E-state index is 15.5. The number of carbonyl (C=O) groups excluding carboxylic acids is 4. The number of halogens is 1. The number of hydrogen-bond donors (Lipinski definition) is 5. The third-order valence-electron chi connectivity index (χ3n) is 14.9. The number of hydrogen-bond acceptors (Lipinski definition) is 18. The standard InChI is InChI=1S/C58H66FN15O9/c1-5-61-55(79)53-68-67-52(43-30-42(35(2)3)45(75)31-46(43)76)74(53)39-11-8-36(9-12-39)34-70-21-23-71(24-22-70)48(77)28-37-10-13-40(29-44(37)59)83-58(80)72-25-19-69(20-26-72)17-7-27-82-47-15-14-41-49(50(47)81-4)65-57(73-18-6-16-62-51(41)73)66-54(78)38-32-63-56(60)64-33-38/h8-15,29-33,35,62,75-76H,5-7,16-28,34H2,1-4H3,(H,61,79)(H2,60,63,64). The molecule has 7 aromatic rings. The molecule has 83 heavy (non-hydrogen) atoms. The zero-order valence-electron chi connectivity index (χ0n) is 46.7. The quantitative estimate of drug-likeness (QED) is 0.0740. The topological polar surface area (TPSA) is 286 Å². The number of amides is 4. The highest BCUT2D eigenvalue weighted by atomic mass is 19.1. The number of fused-ring (bicyclic) bond motifs is 3. The number of rotatable bonds is 17. The van der Waals surface area contributed by atoms with Crippen molar-refractivity contribution in [1.29, 1.82) is 0 Å². The lowest BCUT2D eigenvalue weighted by atomic mass is 9.98. The summed E-state index contributed by atoms with van der Waals surface area (Å²) in [5.41, 5.74) is 9.18. The van der Waals surface area contributed by atoms with Gasteiger partial charge in [-0.25, -0.2) is 24.1 Å². The Labute approximate surface area is 477 Å². The minimum absolute atomic E-state index is 0.0391. The van der Waals surface area contributed by atoms with Crippen LogP contribution in [0.1, 0.15) is 77.2 Å². The minimum atomic E-state index is -0.639. The molecule has 6 heterocycles. The molecule has 4 aromatic carbocycles. The van der Waals surface area contributed by atoms with Gasteiger partial charge in [-0.2, -0.15) is 4.99 Å². The van der Waals surface area contributed by atoms with Crippen LogP contribution in [0, 0.1) is 5.82 Å². The summed E-state index contributed by atoms with van der Waals surface area (Å²) in [5.74, 6) is -0.106. The second-order valence-electron chi connectivity index (χ2n) is 20.7. The summed E-state index contributed by atoms with van der Waals surface area (Å²) in [4.78, 5) is 77.6.